The summed E-state index contributed by atoms with van der Waals surface area (Å²) in [5.74, 6) is 0.572. The Hall–Kier alpha value is -1.05. The minimum absolute atomic E-state index is 0. The molecule has 0 fully saturated rings. The monoisotopic (exact) mass is 106 g/mol. The molecule has 1 aromatic heterocycles. The Morgan fingerprint density at radius 2 is 2.12 bits per heavy atom. The molecule has 0 aliphatic carbocycles. The molecule has 0 aliphatic heterocycles. The minimum atomic E-state index is 0. The van der Waals surface area contributed by atoms with Crippen LogP contribution in [0.2, 0.25) is 0 Å². The van der Waals surface area contributed by atoms with Crippen molar-refractivity contribution >= 4 is 5.82 Å². The Kier molecular flexibility index (Phi) is 2.62. The third kappa shape index (κ3) is 1.60. The van der Waals surface area contributed by atoms with Gasteiger partial charge in [0.2, 0.25) is 0 Å². The maximum Gasteiger partial charge on any atom is 0.123 e. The molecule has 8 heavy (non-hydrogen) atoms. The molecule has 0 saturated heterocycles. The van der Waals surface area contributed by atoms with E-state index >= 15 is 0 Å². The number of pyridine rings is 1. The van der Waals surface area contributed by atoms with Crippen LogP contribution in [-0.2, 0) is 0 Å². The number of anilines is 1. The van der Waals surface area contributed by atoms with E-state index in [1.54, 1.807) is 12.3 Å². The molecule has 0 amide bonds. The average Bonchev–Trinajstić information content (AvgIpc) is 1.69. The summed E-state index contributed by atoms with van der Waals surface area (Å²) in [6.45, 7) is 0. The van der Waals surface area contributed by atoms with Crippen LogP contribution in [0.15, 0.2) is 24.4 Å². The van der Waals surface area contributed by atoms with Gasteiger partial charge in [-0.25, -0.2) is 4.98 Å². The molecule has 1 aromatic rings. The van der Waals surface area contributed by atoms with Gasteiger partial charge in [0.15, 0.2) is 0 Å². The quantitative estimate of drug-likeness (QED) is 0.530. The Bertz CT molecular complexity index is 136. The number of nitrogen functional groups attached to an aromatic ring is 1. The number of nitrogens with two attached hydrogens (primary N) is 1. The van der Waals surface area contributed by atoms with Gasteiger partial charge >= 0.3 is 0 Å². The largest absolute Gasteiger partial charge is 0.384 e. The molecule has 0 spiro atoms. The zero-order chi connectivity index (χ0) is 5.11. The fourth-order valence-corrected chi connectivity index (χ4v) is 0.376. The second-order valence-corrected chi connectivity index (χ2v) is 1.25. The first-order valence-electron chi connectivity index (χ1n) is 2.06. The molecular weight excluding hydrogens is 100 g/mol. The summed E-state index contributed by atoms with van der Waals surface area (Å²) in [7, 11) is 0. The first-order chi connectivity index (χ1) is 3.39. The van der Waals surface area contributed by atoms with E-state index in [1.165, 1.54) is 0 Å². The fraction of sp³-hybridized carbons (Fsp3) is 0. The van der Waals surface area contributed by atoms with Crippen LogP contribution in [0.4, 0.5) is 5.82 Å². The second kappa shape index (κ2) is 3.02. The highest BCUT2D eigenvalue weighted by Gasteiger charge is 1.73. The van der Waals surface area contributed by atoms with Gasteiger partial charge in [0, 0.05) is 13.6 Å². The van der Waals surface area contributed by atoms with E-state index in [4.69, 9.17) is 5.73 Å². The molecule has 1 rings (SSSR count). The van der Waals surface area contributed by atoms with Crippen LogP contribution in [-0.4, -0.2) is 4.98 Å². The van der Waals surface area contributed by atoms with Crippen molar-refractivity contribution < 1.29 is 0 Å². The van der Waals surface area contributed by atoms with Crippen LogP contribution in [0.5, 0.6) is 0 Å². The number of hydrogen-bond donors (Lipinski definition) is 1. The number of rotatable bonds is 0. The number of hydrogen-bond acceptors (Lipinski definition) is 2. The van der Waals surface area contributed by atoms with Gasteiger partial charge in [-0.1, -0.05) is 6.07 Å². The lowest BCUT2D eigenvalue weighted by Crippen LogP contribution is -1.85. The molecule has 40 valence electrons. The second-order valence-electron chi connectivity index (χ2n) is 1.25. The van der Waals surface area contributed by atoms with E-state index in [-0.39, 0.29) is 7.43 Å². The topological polar surface area (TPSA) is 38.9 Å². The highest BCUT2D eigenvalue weighted by Crippen LogP contribution is 1.89. The zero-order valence-corrected chi connectivity index (χ0v) is 4.33. The van der Waals surface area contributed by atoms with Crippen LogP contribution < -0.4 is 5.73 Å². The van der Waals surface area contributed by atoms with Crippen LogP contribution >= 0.6 is 0 Å². The predicted molar refractivity (Wildman–Crippen MR) is 31.9 cm³/mol. The maximum absolute atomic E-state index is 5.25. The fourth-order valence-electron chi connectivity index (χ4n) is 0.376. The summed E-state index contributed by atoms with van der Waals surface area (Å²) in [5, 5.41) is 0. The third-order valence-corrected chi connectivity index (χ3v) is 0.688. The summed E-state index contributed by atoms with van der Waals surface area (Å²) in [5.41, 5.74) is 5.25. The Labute approximate surface area is 49.4 Å². The van der Waals surface area contributed by atoms with Crippen molar-refractivity contribution in [1.82, 2.24) is 4.98 Å². The molecule has 0 saturated carbocycles. The lowest BCUT2D eigenvalue weighted by molar-refractivity contribution is 1.34. The molecule has 2 N–H and O–H groups in total. The van der Waals surface area contributed by atoms with Gasteiger partial charge in [-0.3, -0.25) is 0 Å². The highest BCUT2D eigenvalue weighted by molar-refractivity contribution is 5.25. The van der Waals surface area contributed by atoms with Gasteiger partial charge in [-0.2, -0.15) is 0 Å². The Balaban J connectivity index is 0.000000490. The number of aromatic nitrogens is 1. The molecule has 0 aromatic carbocycles. The van der Waals surface area contributed by atoms with E-state index in [2.05, 4.69) is 4.98 Å². The van der Waals surface area contributed by atoms with Gasteiger partial charge in [-0.15, -0.1) is 0 Å². The van der Waals surface area contributed by atoms with Crippen LogP contribution in [0, 0.1) is 7.43 Å². The number of nitrogens with zero attached hydrogens (tertiary/aromatic N) is 1. The van der Waals surface area contributed by atoms with Gasteiger partial charge in [0.1, 0.15) is 5.82 Å². The average molecular weight is 106 g/mol. The van der Waals surface area contributed by atoms with Crippen molar-refractivity contribution in [3.05, 3.63) is 31.8 Å². The van der Waals surface area contributed by atoms with Crippen LogP contribution in [0.25, 0.3) is 0 Å². The van der Waals surface area contributed by atoms with Crippen molar-refractivity contribution in [3.63, 3.8) is 0 Å². The molecule has 1 heterocycles. The Morgan fingerprint density at radius 3 is 2.38 bits per heavy atom. The molecule has 2 nitrogen and oxygen atoms in total. The minimum Gasteiger partial charge on any atom is -0.384 e. The van der Waals surface area contributed by atoms with Gasteiger partial charge < -0.3 is 5.73 Å². The summed E-state index contributed by atoms with van der Waals surface area (Å²) >= 11 is 0. The highest BCUT2D eigenvalue weighted by atomic mass is 14.8. The molecular formula is C6H6N2. The smallest absolute Gasteiger partial charge is 0.123 e. The molecule has 0 bridgehead atoms. The predicted octanol–water partition coefficient (Wildman–Crippen LogP) is 0.745. The van der Waals surface area contributed by atoms with Crippen molar-refractivity contribution in [2.24, 2.45) is 0 Å². The first kappa shape index (κ1) is 6.95. The van der Waals surface area contributed by atoms with Gasteiger partial charge in [-0.05, 0) is 12.1 Å². The van der Waals surface area contributed by atoms with E-state index in [1.807, 2.05) is 12.1 Å². The first-order valence-corrected chi connectivity index (χ1v) is 2.06. The molecule has 0 aliphatic rings. The SMILES string of the molecule is Nc1ccccn1.[C]. The summed E-state index contributed by atoms with van der Waals surface area (Å²) < 4.78 is 0. The van der Waals surface area contributed by atoms with Crippen molar-refractivity contribution in [1.29, 1.82) is 0 Å². The third-order valence-electron chi connectivity index (χ3n) is 0.688. The molecule has 0 atom stereocenters. The van der Waals surface area contributed by atoms with Crippen LogP contribution in [0.3, 0.4) is 0 Å². The molecule has 0 unspecified atom stereocenters. The lowest BCUT2D eigenvalue weighted by Gasteiger charge is -1.82. The molecule has 2 heteroatoms. The molecule has 4 radical (unpaired) electrons. The van der Waals surface area contributed by atoms with E-state index in [0.717, 1.165) is 0 Å². The zero-order valence-electron chi connectivity index (χ0n) is 4.33. The van der Waals surface area contributed by atoms with E-state index in [9.17, 15) is 0 Å². The normalized spacial score (nSPS) is 7.50. The standard InChI is InChI=1S/C5H6N2.C/c6-5-3-1-2-4-7-5;/h1-4H,(H2,6,7);. The summed E-state index contributed by atoms with van der Waals surface area (Å²) in [6, 6.07) is 5.43. The van der Waals surface area contributed by atoms with E-state index in [0.29, 0.717) is 5.82 Å². The van der Waals surface area contributed by atoms with Crippen molar-refractivity contribution in [2.75, 3.05) is 5.73 Å². The lowest BCUT2D eigenvalue weighted by atomic mass is 10.5. The van der Waals surface area contributed by atoms with E-state index < -0.39 is 0 Å². The maximum atomic E-state index is 5.25. The summed E-state index contributed by atoms with van der Waals surface area (Å²) in [4.78, 5) is 3.76. The van der Waals surface area contributed by atoms with Crippen LogP contribution in [0.1, 0.15) is 0 Å². The van der Waals surface area contributed by atoms with Gasteiger partial charge in [0.25, 0.3) is 0 Å². The Morgan fingerprint density at radius 1 is 1.38 bits per heavy atom. The van der Waals surface area contributed by atoms with Gasteiger partial charge in [0.05, 0.1) is 0 Å². The van der Waals surface area contributed by atoms with Crippen molar-refractivity contribution in [3.8, 4) is 0 Å². The van der Waals surface area contributed by atoms with Crippen molar-refractivity contribution in [2.45, 2.75) is 0 Å². The summed E-state index contributed by atoms with van der Waals surface area (Å²) in [6.07, 6.45) is 1.66.